The van der Waals surface area contributed by atoms with E-state index in [2.05, 4.69) is 6.58 Å². The molecule has 0 unspecified atom stereocenters. The first-order valence-electron chi connectivity index (χ1n) is 8.96. The molecule has 0 spiro atoms. The monoisotopic (exact) mass is 380 g/mol. The zero-order valence-electron chi connectivity index (χ0n) is 15.7. The van der Waals surface area contributed by atoms with Gasteiger partial charge in [0.1, 0.15) is 17.3 Å². The topological polar surface area (TPSA) is 87.6 Å². The first-order valence-corrected chi connectivity index (χ1v) is 8.96. The van der Waals surface area contributed by atoms with E-state index in [1.165, 1.54) is 14.2 Å². The van der Waals surface area contributed by atoms with Gasteiger partial charge in [-0.25, -0.2) is 14.8 Å². The summed E-state index contributed by atoms with van der Waals surface area (Å²) in [4.78, 5) is 35.0. The van der Waals surface area contributed by atoms with Gasteiger partial charge in [0.15, 0.2) is 0 Å². The molecular weight excluding hydrogens is 360 g/mol. The summed E-state index contributed by atoms with van der Waals surface area (Å²) >= 11 is 0. The Hall–Kier alpha value is -3.22. The van der Waals surface area contributed by atoms with Crippen molar-refractivity contribution < 1.29 is 23.8 Å². The molecule has 1 aromatic heterocycles. The van der Waals surface area contributed by atoms with E-state index in [0.717, 1.165) is 11.0 Å². The summed E-state index contributed by atoms with van der Waals surface area (Å²) < 4.78 is 16.1. The molecule has 2 heterocycles. The molecule has 0 amide bonds. The number of para-hydroxylation sites is 2. The van der Waals surface area contributed by atoms with Crippen LogP contribution in [-0.4, -0.2) is 42.2 Å². The normalized spacial score (nSPS) is 23.3. The van der Waals surface area contributed by atoms with E-state index >= 15 is 0 Å². The number of nitrogens with zero attached hydrogens (tertiary/aromatic N) is 2. The number of methoxy groups -OCH3 is 2. The first kappa shape index (κ1) is 18.2. The van der Waals surface area contributed by atoms with Crippen LogP contribution in [0.4, 0.5) is 0 Å². The number of hydrogen-bond donors (Lipinski definition) is 0. The highest BCUT2D eigenvalue weighted by Crippen LogP contribution is 2.49. The number of ether oxygens (including phenoxy) is 3. The van der Waals surface area contributed by atoms with Crippen LogP contribution in [0.2, 0.25) is 0 Å². The van der Waals surface area contributed by atoms with Crippen molar-refractivity contribution in [3.05, 3.63) is 59.6 Å². The van der Waals surface area contributed by atoms with Gasteiger partial charge in [-0.05, 0) is 12.1 Å². The highest BCUT2D eigenvalue weighted by Gasteiger charge is 2.55. The van der Waals surface area contributed by atoms with Gasteiger partial charge in [0.25, 0.3) is 0 Å². The number of hydrogen-bond acceptors (Lipinski definition) is 7. The van der Waals surface area contributed by atoms with Gasteiger partial charge in [-0.2, -0.15) is 0 Å². The second kappa shape index (κ2) is 6.74. The Kier molecular flexibility index (Phi) is 4.37. The molecule has 1 aliphatic heterocycles. The van der Waals surface area contributed by atoms with Crippen molar-refractivity contribution in [1.29, 1.82) is 0 Å². The number of carbonyl (C=O) groups is 2. The molecule has 2 aliphatic rings. The minimum Gasteiger partial charge on any atom is -0.489 e. The lowest BCUT2D eigenvalue weighted by molar-refractivity contribution is -0.150. The lowest BCUT2D eigenvalue weighted by atomic mass is 9.78. The number of fused-ring (bicyclic) bond motifs is 3. The lowest BCUT2D eigenvalue weighted by Crippen LogP contribution is -2.35. The molecule has 0 N–H and O–H groups in total. The number of rotatable bonds is 3. The first-order chi connectivity index (χ1) is 13.5. The Balaban J connectivity index is 1.98. The van der Waals surface area contributed by atoms with Crippen molar-refractivity contribution in [1.82, 2.24) is 9.97 Å². The predicted molar refractivity (Wildman–Crippen MR) is 100 cm³/mol. The van der Waals surface area contributed by atoms with Crippen molar-refractivity contribution in [2.24, 2.45) is 5.41 Å². The van der Waals surface area contributed by atoms with Gasteiger partial charge in [-0.3, -0.25) is 4.79 Å². The molecule has 7 heteroatoms. The number of esters is 2. The fourth-order valence-electron chi connectivity index (χ4n) is 4.01. The van der Waals surface area contributed by atoms with Crippen molar-refractivity contribution >= 4 is 23.0 Å². The van der Waals surface area contributed by atoms with E-state index in [1.54, 1.807) is 6.08 Å². The molecule has 0 saturated carbocycles. The minimum atomic E-state index is -1.17. The third kappa shape index (κ3) is 2.66. The summed E-state index contributed by atoms with van der Waals surface area (Å²) in [5.74, 6) is -0.758. The molecule has 1 saturated heterocycles. The third-order valence-electron chi connectivity index (χ3n) is 5.34. The van der Waals surface area contributed by atoms with Crippen LogP contribution in [0.1, 0.15) is 17.8 Å². The molecule has 4 rings (SSSR count). The van der Waals surface area contributed by atoms with Crippen molar-refractivity contribution in [3.8, 4) is 0 Å². The molecule has 0 radical (unpaired) electrons. The molecule has 28 heavy (non-hydrogen) atoms. The van der Waals surface area contributed by atoms with Gasteiger partial charge in [0, 0.05) is 19.3 Å². The summed E-state index contributed by atoms with van der Waals surface area (Å²) in [6.45, 7) is 3.77. The average molecular weight is 380 g/mol. The highest BCUT2D eigenvalue weighted by molar-refractivity contribution is 5.93. The van der Waals surface area contributed by atoms with Crippen LogP contribution in [0.3, 0.4) is 0 Å². The molecular formula is C21H20N2O5. The van der Waals surface area contributed by atoms with E-state index < -0.39 is 23.5 Å². The van der Waals surface area contributed by atoms with Crippen LogP contribution >= 0.6 is 0 Å². The van der Waals surface area contributed by atoms with E-state index in [-0.39, 0.29) is 24.2 Å². The summed E-state index contributed by atoms with van der Waals surface area (Å²) in [6, 6.07) is 7.49. The highest BCUT2D eigenvalue weighted by atomic mass is 16.5. The Bertz CT molecular complexity index is 1030. The quantitative estimate of drug-likeness (QED) is 0.596. The van der Waals surface area contributed by atoms with Crippen LogP contribution in [0.25, 0.3) is 11.0 Å². The van der Waals surface area contributed by atoms with Crippen LogP contribution < -0.4 is 0 Å². The number of carbonyl (C=O) groups excluding carboxylic acids is 2. The fourth-order valence-corrected chi connectivity index (χ4v) is 4.01. The smallest absolute Gasteiger partial charge is 0.337 e. The number of aromatic nitrogens is 2. The zero-order valence-corrected chi connectivity index (χ0v) is 15.7. The molecule has 7 nitrogen and oxygen atoms in total. The van der Waals surface area contributed by atoms with Gasteiger partial charge in [0.05, 0.1) is 42.2 Å². The van der Waals surface area contributed by atoms with Crippen molar-refractivity contribution in [2.45, 2.75) is 25.4 Å². The van der Waals surface area contributed by atoms with Gasteiger partial charge in [-0.15, -0.1) is 0 Å². The molecule has 144 valence electrons. The molecule has 0 bridgehead atoms. The lowest BCUT2D eigenvalue weighted by Gasteiger charge is -2.25. The van der Waals surface area contributed by atoms with Crippen molar-refractivity contribution in [3.63, 3.8) is 0 Å². The second-order valence-corrected chi connectivity index (χ2v) is 6.93. The maximum atomic E-state index is 12.9. The maximum absolute atomic E-state index is 12.9. The fraction of sp³-hybridized carbons (Fsp3) is 0.333. The average Bonchev–Trinajstić information content (AvgIpc) is 3.04. The van der Waals surface area contributed by atoms with Crippen molar-refractivity contribution in [2.75, 3.05) is 14.2 Å². The Morgan fingerprint density at radius 2 is 1.86 bits per heavy atom. The molecule has 1 aliphatic carbocycles. The second-order valence-electron chi connectivity index (χ2n) is 6.93. The molecule has 2 aromatic rings. The van der Waals surface area contributed by atoms with E-state index in [1.807, 2.05) is 24.3 Å². The summed E-state index contributed by atoms with van der Waals surface area (Å²) in [5.41, 5.74) is 1.82. The number of benzene rings is 1. The van der Waals surface area contributed by atoms with Crippen LogP contribution in [0.15, 0.2) is 48.3 Å². The zero-order chi connectivity index (χ0) is 19.9. The van der Waals surface area contributed by atoms with Gasteiger partial charge in [0.2, 0.25) is 0 Å². The summed E-state index contributed by atoms with van der Waals surface area (Å²) in [6.07, 6.45) is 1.91. The Morgan fingerprint density at radius 1 is 1.18 bits per heavy atom. The molecule has 1 fully saturated rings. The molecule has 2 atom stereocenters. The maximum Gasteiger partial charge on any atom is 0.337 e. The Morgan fingerprint density at radius 3 is 2.46 bits per heavy atom. The van der Waals surface area contributed by atoms with Gasteiger partial charge >= 0.3 is 11.9 Å². The van der Waals surface area contributed by atoms with E-state index in [4.69, 9.17) is 24.2 Å². The van der Waals surface area contributed by atoms with E-state index in [9.17, 15) is 9.59 Å². The largest absolute Gasteiger partial charge is 0.489 e. The standard InChI is InChI=1S/C21H20N2O5/c1-4-12-10-21(20(25)27-3)11-17-16(9-13(18(21)28-12)19(24)26-2)22-14-7-5-6-8-15(14)23-17/h4-8,12H,1,9-11H2,2-3H3/t12-,21+/m0/s1. The van der Waals surface area contributed by atoms with Crippen LogP contribution in [-0.2, 0) is 36.6 Å². The third-order valence-corrected chi connectivity index (χ3v) is 5.34. The minimum absolute atomic E-state index is 0.164. The SMILES string of the molecule is C=C[C@H]1C[C@@]2(C(=O)OC)Cc3nc4ccccc4nc3CC(C(=O)OC)=C2O1. The van der Waals surface area contributed by atoms with E-state index in [0.29, 0.717) is 17.8 Å². The Labute approximate surface area is 162 Å². The predicted octanol–water partition coefficient (Wildman–Crippen LogP) is 2.29. The summed E-state index contributed by atoms with van der Waals surface area (Å²) in [5, 5.41) is 0. The van der Waals surface area contributed by atoms with Gasteiger partial charge in [-0.1, -0.05) is 24.8 Å². The van der Waals surface area contributed by atoms with Crippen LogP contribution in [0, 0.1) is 5.41 Å². The van der Waals surface area contributed by atoms with Crippen LogP contribution in [0.5, 0.6) is 0 Å². The summed E-state index contributed by atoms with van der Waals surface area (Å²) in [7, 11) is 2.62. The molecule has 1 aromatic carbocycles. The van der Waals surface area contributed by atoms with Gasteiger partial charge < -0.3 is 14.2 Å².